The van der Waals surface area contributed by atoms with Crippen molar-refractivity contribution in [3.63, 3.8) is 0 Å². The Labute approximate surface area is 66.0 Å². The Morgan fingerprint density at radius 3 is 3.00 bits per heavy atom. The van der Waals surface area contributed by atoms with E-state index in [9.17, 15) is 4.79 Å². The molecule has 0 saturated heterocycles. The SMILES string of the molecule is NNC(=O)c1csc(Cl)n1. The minimum absolute atomic E-state index is 0.248. The monoisotopic (exact) mass is 177 g/mol. The van der Waals surface area contributed by atoms with Gasteiger partial charge in [0.05, 0.1) is 0 Å². The predicted octanol–water partition coefficient (Wildman–Crippen LogP) is 0.400. The first-order chi connectivity index (χ1) is 4.74. The number of hydrogen-bond acceptors (Lipinski definition) is 4. The minimum atomic E-state index is -0.428. The van der Waals surface area contributed by atoms with Gasteiger partial charge in [-0.3, -0.25) is 10.2 Å². The van der Waals surface area contributed by atoms with Crippen molar-refractivity contribution in [2.75, 3.05) is 0 Å². The van der Waals surface area contributed by atoms with Gasteiger partial charge in [0.2, 0.25) is 0 Å². The molecular weight excluding hydrogens is 174 g/mol. The molecule has 1 aromatic rings. The number of nitrogens with two attached hydrogens (primary N) is 1. The molecule has 0 spiro atoms. The number of carbonyl (C=O) groups is 1. The molecule has 1 amide bonds. The zero-order valence-corrected chi connectivity index (χ0v) is 6.37. The summed E-state index contributed by atoms with van der Waals surface area (Å²) in [5, 5.41) is 1.53. The molecule has 0 bridgehead atoms. The van der Waals surface area contributed by atoms with E-state index in [-0.39, 0.29) is 5.69 Å². The molecule has 1 heterocycles. The van der Waals surface area contributed by atoms with Crippen molar-refractivity contribution in [2.45, 2.75) is 0 Å². The van der Waals surface area contributed by atoms with Gasteiger partial charge in [-0.05, 0) is 0 Å². The van der Waals surface area contributed by atoms with Gasteiger partial charge in [-0.15, -0.1) is 11.3 Å². The van der Waals surface area contributed by atoms with E-state index in [1.807, 2.05) is 5.43 Å². The highest BCUT2D eigenvalue weighted by Crippen LogP contribution is 2.14. The Balaban J connectivity index is 2.85. The summed E-state index contributed by atoms with van der Waals surface area (Å²) in [4.78, 5) is 14.3. The smallest absolute Gasteiger partial charge is 0.284 e. The molecule has 10 heavy (non-hydrogen) atoms. The van der Waals surface area contributed by atoms with Gasteiger partial charge in [-0.1, -0.05) is 11.6 Å². The fraction of sp³-hybridized carbons (Fsp3) is 0. The van der Waals surface area contributed by atoms with E-state index in [2.05, 4.69) is 4.98 Å². The number of hydrogen-bond donors (Lipinski definition) is 2. The van der Waals surface area contributed by atoms with Crippen molar-refractivity contribution in [3.05, 3.63) is 15.5 Å². The van der Waals surface area contributed by atoms with Crippen LogP contribution in [0.2, 0.25) is 4.47 Å². The van der Waals surface area contributed by atoms with Gasteiger partial charge in [-0.2, -0.15) is 0 Å². The number of nitrogens with one attached hydrogen (secondary N) is 1. The number of carbonyl (C=O) groups excluding carboxylic acids is 1. The van der Waals surface area contributed by atoms with Gasteiger partial charge in [0.15, 0.2) is 4.47 Å². The normalized spacial score (nSPS) is 9.40. The molecule has 0 saturated carbocycles. The Bertz CT molecular complexity index is 248. The second-order valence-corrected chi connectivity index (χ2v) is 2.90. The van der Waals surface area contributed by atoms with E-state index in [1.165, 1.54) is 16.7 Å². The number of thiazole rings is 1. The lowest BCUT2D eigenvalue weighted by Crippen LogP contribution is -2.30. The number of nitrogen functional groups attached to an aromatic ring is 1. The van der Waals surface area contributed by atoms with Crippen LogP contribution in [0.1, 0.15) is 10.5 Å². The molecule has 0 aliphatic carbocycles. The Kier molecular flexibility index (Phi) is 2.21. The van der Waals surface area contributed by atoms with Crippen molar-refractivity contribution in [1.82, 2.24) is 10.4 Å². The number of nitrogens with zero attached hydrogens (tertiary/aromatic N) is 1. The molecule has 4 nitrogen and oxygen atoms in total. The fourth-order valence-electron chi connectivity index (χ4n) is 0.430. The molecule has 3 N–H and O–H groups in total. The summed E-state index contributed by atoms with van der Waals surface area (Å²) in [6.07, 6.45) is 0. The third-order valence-corrected chi connectivity index (χ3v) is 1.82. The zero-order valence-electron chi connectivity index (χ0n) is 4.80. The van der Waals surface area contributed by atoms with Gasteiger partial charge in [0.25, 0.3) is 5.91 Å². The molecule has 6 heteroatoms. The van der Waals surface area contributed by atoms with E-state index in [1.54, 1.807) is 0 Å². The first-order valence-electron chi connectivity index (χ1n) is 2.36. The number of amides is 1. The lowest BCUT2D eigenvalue weighted by Gasteiger charge is -1.89. The standard InChI is InChI=1S/C4H4ClN3OS/c5-4-7-2(1-10-4)3(9)8-6/h1H,6H2,(H,8,9). The van der Waals surface area contributed by atoms with Crippen LogP contribution in [-0.2, 0) is 0 Å². The van der Waals surface area contributed by atoms with Crippen LogP contribution < -0.4 is 11.3 Å². The summed E-state index contributed by atoms with van der Waals surface area (Å²) in [5.41, 5.74) is 2.19. The quantitative estimate of drug-likeness (QED) is 0.371. The Morgan fingerprint density at radius 2 is 2.60 bits per heavy atom. The van der Waals surface area contributed by atoms with Crippen molar-refractivity contribution in [3.8, 4) is 0 Å². The van der Waals surface area contributed by atoms with Crippen LogP contribution in [0.5, 0.6) is 0 Å². The number of hydrazine groups is 1. The first kappa shape index (κ1) is 7.46. The van der Waals surface area contributed by atoms with Crippen LogP contribution in [0, 0.1) is 0 Å². The third-order valence-electron chi connectivity index (χ3n) is 0.840. The van der Waals surface area contributed by atoms with E-state index in [0.29, 0.717) is 4.47 Å². The molecule has 0 atom stereocenters. The average molecular weight is 178 g/mol. The number of aromatic nitrogens is 1. The van der Waals surface area contributed by atoms with Gasteiger partial charge >= 0.3 is 0 Å². The third kappa shape index (κ3) is 1.44. The topological polar surface area (TPSA) is 68.0 Å². The van der Waals surface area contributed by atoms with E-state index in [4.69, 9.17) is 17.4 Å². The maximum atomic E-state index is 10.7. The molecule has 0 fully saturated rings. The minimum Gasteiger partial charge on any atom is -0.289 e. The largest absolute Gasteiger partial charge is 0.289 e. The second kappa shape index (κ2) is 2.96. The van der Waals surface area contributed by atoms with E-state index in [0.717, 1.165) is 0 Å². The molecule has 0 unspecified atom stereocenters. The maximum Gasteiger partial charge on any atom is 0.284 e. The molecule has 0 aromatic carbocycles. The Hall–Kier alpha value is -0.650. The van der Waals surface area contributed by atoms with Crippen LogP contribution in [0.25, 0.3) is 0 Å². The molecule has 0 aliphatic heterocycles. The summed E-state index contributed by atoms with van der Waals surface area (Å²) in [5.74, 6) is 4.41. The maximum absolute atomic E-state index is 10.7. The summed E-state index contributed by atoms with van der Waals surface area (Å²) in [6.45, 7) is 0. The van der Waals surface area contributed by atoms with Crippen molar-refractivity contribution >= 4 is 28.8 Å². The summed E-state index contributed by atoms with van der Waals surface area (Å²) < 4.78 is 0.332. The lowest BCUT2D eigenvalue weighted by molar-refractivity contribution is 0.0949. The molecule has 0 aliphatic rings. The van der Waals surface area contributed by atoms with E-state index < -0.39 is 5.91 Å². The Morgan fingerprint density at radius 1 is 1.90 bits per heavy atom. The number of rotatable bonds is 1. The molecule has 54 valence electrons. The van der Waals surface area contributed by atoms with Crippen LogP contribution in [0.4, 0.5) is 0 Å². The van der Waals surface area contributed by atoms with E-state index >= 15 is 0 Å². The fourth-order valence-corrected chi connectivity index (χ4v) is 1.17. The molecule has 0 radical (unpaired) electrons. The summed E-state index contributed by atoms with van der Waals surface area (Å²) >= 11 is 6.63. The zero-order chi connectivity index (χ0) is 7.56. The van der Waals surface area contributed by atoms with Gasteiger partial charge < -0.3 is 0 Å². The average Bonchev–Trinajstić information content (AvgIpc) is 2.34. The highest BCUT2D eigenvalue weighted by Gasteiger charge is 2.06. The van der Waals surface area contributed by atoms with Gasteiger partial charge in [0.1, 0.15) is 5.69 Å². The van der Waals surface area contributed by atoms with Gasteiger partial charge in [0, 0.05) is 5.38 Å². The van der Waals surface area contributed by atoms with Crippen LogP contribution in [0.15, 0.2) is 5.38 Å². The lowest BCUT2D eigenvalue weighted by atomic mass is 10.5. The van der Waals surface area contributed by atoms with Crippen LogP contribution >= 0.6 is 22.9 Å². The van der Waals surface area contributed by atoms with Gasteiger partial charge in [-0.25, -0.2) is 10.8 Å². The second-order valence-electron chi connectivity index (χ2n) is 1.46. The highest BCUT2D eigenvalue weighted by molar-refractivity contribution is 7.14. The van der Waals surface area contributed by atoms with Crippen molar-refractivity contribution < 1.29 is 4.79 Å². The molecular formula is C4H4ClN3OS. The summed E-state index contributed by atoms with van der Waals surface area (Å²) in [6, 6.07) is 0. The summed E-state index contributed by atoms with van der Waals surface area (Å²) in [7, 11) is 0. The number of halogens is 1. The first-order valence-corrected chi connectivity index (χ1v) is 3.62. The highest BCUT2D eigenvalue weighted by atomic mass is 35.5. The molecule has 1 aromatic heterocycles. The molecule has 1 rings (SSSR count). The predicted molar refractivity (Wildman–Crippen MR) is 38.8 cm³/mol. The van der Waals surface area contributed by atoms with Crippen LogP contribution in [-0.4, -0.2) is 10.9 Å². The van der Waals surface area contributed by atoms with Crippen molar-refractivity contribution in [2.24, 2.45) is 5.84 Å². The van der Waals surface area contributed by atoms with Crippen LogP contribution in [0.3, 0.4) is 0 Å². The van der Waals surface area contributed by atoms with Crippen molar-refractivity contribution in [1.29, 1.82) is 0 Å².